The molecule has 0 radical (unpaired) electrons. The zero-order valence-electron chi connectivity index (χ0n) is 15.9. The van der Waals surface area contributed by atoms with Crippen molar-refractivity contribution in [2.24, 2.45) is 12.5 Å². The second-order valence-electron chi connectivity index (χ2n) is 7.77. The van der Waals surface area contributed by atoms with Crippen LogP contribution in [0.3, 0.4) is 0 Å². The Bertz CT molecular complexity index is 1090. The fourth-order valence-corrected chi connectivity index (χ4v) is 5.68. The average Bonchev–Trinajstić information content (AvgIpc) is 2.87. The number of alkyl halides is 4. The summed E-state index contributed by atoms with van der Waals surface area (Å²) < 4.78 is 92.8. The number of hydrogen-bond donors (Lipinski definition) is 1. The molecular formula is C18H18F5N3O3S. The molecule has 2 aromatic rings. The van der Waals surface area contributed by atoms with E-state index in [0.717, 1.165) is 23.0 Å². The molecule has 0 aliphatic heterocycles. The van der Waals surface area contributed by atoms with E-state index in [0.29, 0.717) is 0 Å². The van der Waals surface area contributed by atoms with Crippen molar-refractivity contribution in [3.63, 3.8) is 0 Å². The number of nitrogens with zero attached hydrogens (tertiary/aromatic N) is 2. The van der Waals surface area contributed by atoms with Gasteiger partial charge in [-0.15, -0.1) is 0 Å². The number of sulfone groups is 1. The van der Waals surface area contributed by atoms with E-state index >= 15 is 0 Å². The molecule has 164 valence electrons. The molecule has 0 aromatic carbocycles. The van der Waals surface area contributed by atoms with Crippen LogP contribution in [0.4, 0.5) is 27.6 Å². The summed E-state index contributed by atoms with van der Waals surface area (Å²) >= 11 is 0. The van der Waals surface area contributed by atoms with Gasteiger partial charge in [0.2, 0.25) is 5.92 Å². The van der Waals surface area contributed by atoms with Crippen molar-refractivity contribution < 1.29 is 35.2 Å². The topological polar surface area (TPSA) is 81.1 Å². The fourth-order valence-electron chi connectivity index (χ4n) is 3.72. The summed E-state index contributed by atoms with van der Waals surface area (Å²) in [5, 5.41) is 2.21. The molecule has 2 aromatic heterocycles. The van der Waals surface area contributed by atoms with Gasteiger partial charge in [-0.1, -0.05) is 6.92 Å². The highest BCUT2D eigenvalue weighted by Crippen LogP contribution is 2.52. The molecular weight excluding hydrogens is 433 g/mol. The first-order valence-electron chi connectivity index (χ1n) is 8.74. The molecule has 0 bridgehead atoms. The zero-order valence-corrected chi connectivity index (χ0v) is 16.7. The number of aromatic nitrogens is 2. The number of nitrogens with one attached hydrogen (secondary N) is 1. The van der Waals surface area contributed by atoms with E-state index in [1.54, 1.807) is 0 Å². The van der Waals surface area contributed by atoms with Crippen LogP contribution in [0.1, 0.15) is 42.4 Å². The van der Waals surface area contributed by atoms with Crippen molar-refractivity contribution in [2.45, 2.75) is 37.0 Å². The largest absolute Gasteiger partial charge is 0.343 e. The van der Waals surface area contributed by atoms with Crippen LogP contribution in [0.15, 0.2) is 29.4 Å². The van der Waals surface area contributed by atoms with Crippen LogP contribution in [-0.4, -0.2) is 35.6 Å². The van der Waals surface area contributed by atoms with Gasteiger partial charge in [-0.05, 0) is 17.5 Å². The number of rotatable bonds is 6. The average molecular weight is 451 g/mol. The summed E-state index contributed by atoms with van der Waals surface area (Å²) in [6, 6.07) is 2.11. The number of amides is 1. The minimum absolute atomic E-state index is 0.0838. The third-order valence-electron chi connectivity index (χ3n) is 4.81. The van der Waals surface area contributed by atoms with Gasteiger partial charge in [0.15, 0.2) is 15.7 Å². The molecule has 0 atom stereocenters. The predicted molar refractivity (Wildman–Crippen MR) is 96.9 cm³/mol. The lowest BCUT2D eigenvalue weighted by Crippen LogP contribution is -2.47. The fraction of sp³-hybridized carbons (Fsp3) is 0.444. The second-order valence-corrected chi connectivity index (χ2v) is 9.73. The first kappa shape index (κ1) is 22.2. The Labute approximate surface area is 169 Å². The number of carbonyl (C=O) groups is 1. The van der Waals surface area contributed by atoms with E-state index in [1.807, 2.05) is 0 Å². The van der Waals surface area contributed by atoms with Crippen molar-refractivity contribution in [3.05, 3.63) is 41.7 Å². The van der Waals surface area contributed by atoms with Gasteiger partial charge in [-0.25, -0.2) is 30.4 Å². The number of halogens is 5. The van der Waals surface area contributed by atoms with Crippen molar-refractivity contribution >= 4 is 21.4 Å². The van der Waals surface area contributed by atoms with Crippen LogP contribution in [-0.2, 0) is 16.9 Å². The number of pyridine rings is 1. The van der Waals surface area contributed by atoms with Crippen molar-refractivity contribution in [3.8, 4) is 0 Å². The normalized spacial score (nSPS) is 17.6. The van der Waals surface area contributed by atoms with Crippen LogP contribution in [0.5, 0.6) is 0 Å². The Morgan fingerprint density at radius 1 is 1.33 bits per heavy atom. The standard InChI is InChI=1S/C18H18F5N3O3S/c1-17(7-18(22,23)8-17)9-30(28,29)12-6-26(2)14(13(12)19)16(27)25-10-3-4-24-11(5-10)15(20)21/h3-6,15H,7-9H2,1-2H3,(H,24,25,27). The quantitative estimate of drug-likeness (QED) is 0.675. The molecule has 30 heavy (non-hydrogen) atoms. The number of anilines is 1. The summed E-state index contributed by atoms with van der Waals surface area (Å²) in [5.41, 5.74) is -2.53. The van der Waals surface area contributed by atoms with Gasteiger partial charge in [0, 0.05) is 38.0 Å². The molecule has 2 heterocycles. The van der Waals surface area contributed by atoms with E-state index in [1.165, 1.54) is 20.0 Å². The first-order valence-corrected chi connectivity index (χ1v) is 10.4. The van der Waals surface area contributed by atoms with Crippen LogP contribution < -0.4 is 5.32 Å². The molecule has 12 heteroatoms. The first-order chi connectivity index (χ1) is 13.7. The van der Waals surface area contributed by atoms with Crippen LogP contribution in [0, 0.1) is 11.2 Å². The molecule has 0 unspecified atom stereocenters. The van der Waals surface area contributed by atoms with Crippen molar-refractivity contribution in [1.82, 2.24) is 9.55 Å². The number of hydrogen-bond acceptors (Lipinski definition) is 4. The smallest absolute Gasteiger partial charge is 0.280 e. The monoisotopic (exact) mass is 451 g/mol. The lowest BCUT2D eigenvalue weighted by molar-refractivity contribution is -0.144. The summed E-state index contributed by atoms with van der Waals surface area (Å²) in [4.78, 5) is 15.1. The third kappa shape index (κ3) is 4.32. The predicted octanol–water partition coefficient (Wildman–Crippen LogP) is 3.96. The molecule has 1 N–H and O–H groups in total. The molecule has 0 spiro atoms. The van der Waals surface area contributed by atoms with E-state index < -0.39 is 74.2 Å². The highest BCUT2D eigenvalue weighted by Gasteiger charge is 2.55. The summed E-state index contributed by atoms with van der Waals surface area (Å²) in [7, 11) is -3.07. The molecule has 1 amide bonds. The molecule has 1 saturated carbocycles. The lowest BCUT2D eigenvalue weighted by Gasteiger charge is -2.44. The van der Waals surface area contributed by atoms with Gasteiger partial charge in [-0.3, -0.25) is 9.78 Å². The Hall–Kier alpha value is -2.50. The van der Waals surface area contributed by atoms with Gasteiger partial charge >= 0.3 is 0 Å². The maximum absolute atomic E-state index is 14.9. The minimum Gasteiger partial charge on any atom is -0.343 e. The third-order valence-corrected chi connectivity index (χ3v) is 6.84. The maximum atomic E-state index is 14.9. The summed E-state index contributed by atoms with van der Waals surface area (Å²) in [6.07, 6.45) is -2.23. The van der Waals surface area contributed by atoms with Crippen molar-refractivity contribution in [1.29, 1.82) is 0 Å². The van der Waals surface area contributed by atoms with Crippen LogP contribution in [0.2, 0.25) is 0 Å². The molecule has 6 nitrogen and oxygen atoms in total. The van der Waals surface area contributed by atoms with Gasteiger partial charge in [0.05, 0.1) is 5.75 Å². The maximum Gasteiger partial charge on any atom is 0.280 e. The highest BCUT2D eigenvalue weighted by molar-refractivity contribution is 7.91. The van der Waals surface area contributed by atoms with E-state index in [-0.39, 0.29) is 5.69 Å². The van der Waals surface area contributed by atoms with Crippen LogP contribution in [0.25, 0.3) is 0 Å². The highest BCUT2D eigenvalue weighted by atomic mass is 32.2. The van der Waals surface area contributed by atoms with Gasteiger partial charge in [0.25, 0.3) is 12.3 Å². The van der Waals surface area contributed by atoms with Crippen LogP contribution >= 0.6 is 0 Å². The van der Waals surface area contributed by atoms with Crippen molar-refractivity contribution in [2.75, 3.05) is 11.1 Å². The lowest BCUT2D eigenvalue weighted by atomic mass is 9.69. The number of carbonyl (C=O) groups excluding carboxylic acids is 1. The summed E-state index contributed by atoms with van der Waals surface area (Å²) in [6.45, 7) is 1.38. The Morgan fingerprint density at radius 2 is 1.97 bits per heavy atom. The van der Waals surface area contributed by atoms with E-state index in [2.05, 4.69) is 10.3 Å². The Morgan fingerprint density at radius 3 is 2.53 bits per heavy atom. The second kappa shape index (κ2) is 7.33. The molecule has 1 fully saturated rings. The van der Waals surface area contributed by atoms with E-state index in [9.17, 15) is 35.2 Å². The van der Waals surface area contributed by atoms with Gasteiger partial charge in [-0.2, -0.15) is 0 Å². The Balaban J connectivity index is 1.85. The van der Waals surface area contributed by atoms with Gasteiger partial charge < -0.3 is 9.88 Å². The molecule has 0 saturated heterocycles. The zero-order chi connectivity index (χ0) is 22.5. The van der Waals surface area contributed by atoms with Gasteiger partial charge in [0.1, 0.15) is 16.3 Å². The summed E-state index contributed by atoms with van der Waals surface area (Å²) in [5.74, 6) is -6.05. The minimum atomic E-state index is -4.30. The molecule has 3 rings (SSSR count). The molecule has 1 aliphatic rings. The van der Waals surface area contributed by atoms with E-state index in [4.69, 9.17) is 0 Å². The molecule has 1 aliphatic carbocycles. The number of aryl methyl sites for hydroxylation is 1. The SMILES string of the molecule is Cn1cc(S(=O)(=O)CC2(C)CC(F)(F)C2)c(F)c1C(=O)Nc1ccnc(C(F)F)c1. The Kier molecular flexibility index (Phi) is 5.42.